The third-order valence-electron chi connectivity index (χ3n) is 5.37. The van der Waals surface area contributed by atoms with Crippen LogP contribution in [0.2, 0.25) is 0 Å². The molecule has 1 aliphatic carbocycles. The summed E-state index contributed by atoms with van der Waals surface area (Å²) in [5.41, 5.74) is 1.95. The maximum Gasteiger partial charge on any atom is 0.257 e. The fourth-order valence-corrected chi connectivity index (χ4v) is 3.67. The first-order chi connectivity index (χ1) is 11.0. The third-order valence-corrected chi connectivity index (χ3v) is 5.37. The Kier molecular flexibility index (Phi) is 4.34. The molecule has 2 atom stereocenters. The van der Waals surface area contributed by atoms with Crippen LogP contribution in [0.1, 0.15) is 47.7 Å². The Labute approximate surface area is 136 Å². The van der Waals surface area contributed by atoms with Crippen molar-refractivity contribution in [3.8, 4) is 5.75 Å². The van der Waals surface area contributed by atoms with Crippen molar-refractivity contribution < 1.29 is 19.7 Å². The number of fused-ring (bicyclic) bond motifs is 1. The van der Waals surface area contributed by atoms with Gasteiger partial charge in [-0.25, -0.2) is 0 Å². The summed E-state index contributed by atoms with van der Waals surface area (Å²) in [7, 11) is 1.58. The molecule has 0 unspecified atom stereocenters. The van der Waals surface area contributed by atoms with E-state index in [4.69, 9.17) is 4.74 Å². The summed E-state index contributed by atoms with van der Waals surface area (Å²) >= 11 is 0. The number of β-amino-alcohol motifs (C(OH)–C–C–N with tert-alkyl or cyclic N) is 1. The Hall–Kier alpha value is -1.59. The highest BCUT2D eigenvalue weighted by atomic mass is 16.5. The SMILES string of the molecule is CC[C@@]1(O)CCN(C(=O)c2cc3c(cc2OC)CCC3)C[C@H]1O. The van der Waals surface area contributed by atoms with E-state index in [0.717, 1.165) is 19.3 Å². The Morgan fingerprint density at radius 2 is 2.09 bits per heavy atom. The van der Waals surface area contributed by atoms with Crippen molar-refractivity contribution >= 4 is 5.91 Å². The van der Waals surface area contributed by atoms with Crippen LogP contribution >= 0.6 is 0 Å². The minimum Gasteiger partial charge on any atom is -0.496 e. The highest BCUT2D eigenvalue weighted by Gasteiger charge is 2.40. The molecule has 5 nitrogen and oxygen atoms in total. The van der Waals surface area contributed by atoms with Gasteiger partial charge in [-0.2, -0.15) is 0 Å². The quantitative estimate of drug-likeness (QED) is 0.886. The lowest BCUT2D eigenvalue weighted by molar-refractivity contribution is -0.114. The molecule has 2 aliphatic rings. The molecule has 0 saturated carbocycles. The van der Waals surface area contributed by atoms with Gasteiger partial charge in [-0.1, -0.05) is 6.92 Å². The van der Waals surface area contributed by atoms with E-state index in [1.807, 2.05) is 19.1 Å². The summed E-state index contributed by atoms with van der Waals surface area (Å²) < 4.78 is 5.41. The zero-order valence-electron chi connectivity index (χ0n) is 13.8. The molecular formula is C18H25NO4. The van der Waals surface area contributed by atoms with E-state index >= 15 is 0 Å². The van der Waals surface area contributed by atoms with E-state index in [1.165, 1.54) is 11.1 Å². The third kappa shape index (κ3) is 2.83. The number of ether oxygens (including phenoxy) is 1. The topological polar surface area (TPSA) is 70.0 Å². The molecule has 126 valence electrons. The number of carbonyl (C=O) groups excluding carboxylic acids is 1. The molecule has 0 bridgehead atoms. The van der Waals surface area contributed by atoms with Crippen molar-refractivity contribution in [3.05, 3.63) is 28.8 Å². The van der Waals surface area contributed by atoms with Gasteiger partial charge in [-0.15, -0.1) is 0 Å². The van der Waals surface area contributed by atoms with Crippen molar-refractivity contribution in [2.75, 3.05) is 20.2 Å². The number of piperidine rings is 1. The van der Waals surface area contributed by atoms with Crippen molar-refractivity contribution in [2.24, 2.45) is 0 Å². The van der Waals surface area contributed by atoms with E-state index in [1.54, 1.807) is 12.0 Å². The van der Waals surface area contributed by atoms with E-state index in [-0.39, 0.29) is 12.5 Å². The maximum atomic E-state index is 12.9. The number of aliphatic hydroxyl groups excluding tert-OH is 1. The summed E-state index contributed by atoms with van der Waals surface area (Å²) in [6, 6.07) is 3.91. The summed E-state index contributed by atoms with van der Waals surface area (Å²) in [5, 5.41) is 20.5. The molecule has 23 heavy (non-hydrogen) atoms. The lowest BCUT2D eigenvalue weighted by Crippen LogP contribution is -2.56. The number of carbonyl (C=O) groups is 1. The fourth-order valence-electron chi connectivity index (χ4n) is 3.67. The first-order valence-corrected chi connectivity index (χ1v) is 8.38. The van der Waals surface area contributed by atoms with Crippen LogP contribution in [0.3, 0.4) is 0 Å². The first-order valence-electron chi connectivity index (χ1n) is 8.38. The molecule has 3 rings (SSSR count). The molecule has 1 heterocycles. The van der Waals surface area contributed by atoms with Crippen LogP contribution in [0.4, 0.5) is 0 Å². The van der Waals surface area contributed by atoms with Crippen LogP contribution in [0, 0.1) is 0 Å². The number of likely N-dealkylation sites (tertiary alicyclic amines) is 1. The van der Waals surface area contributed by atoms with Crippen LogP contribution in [0.25, 0.3) is 0 Å². The van der Waals surface area contributed by atoms with E-state index in [0.29, 0.717) is 30.7 Å². The normalized spacial score (nSPS) is 27.0. The van der Waals surface area contributed by atoms with Gasteiger partial charge in [-0.3, -0.25) is 4.79 Å². The predicted molar refractivity (Wildman–Crippen MR) is 86.8 cm³/mol. The van der Waals surface area contributed by atoms with Crippen LogP contribution in [-0.4, -0.2) is 52.9 Å². The zero-order chi connectivity index (χ0) is 16.6. The van der Waals surface area contributed by atoms with Crippen LogP contribution in [0.5, 0.6) is 5.75 Å². The van der Waals surface area contributed by atoms with Gasteiger partial charge in [-0.05, 0) is 55.4 Å². The number of nitrogens with zero attached hydrogens (tertiary/aromatic N) is 1. The standard InChI is InChI=1S/C18H25NO4/c1-3-18(22)7-8-19(11-16(18)20)17(21)14-9-12-5-4-6-13(12)10-15(14)23-2/h9-10,16,20,22H,3-8,11H2,1-2H3/t16-,18-/m1/s1. The highest BCUT2D eigenvalue weighted by molar-refractivity contribution is 5.97. The zero-order valence-corrected chi connectivity index (χ0v) is 13.8. The minimum atomic E-state index is -1.08. The second-order valence-electron chi connectivity index (χ2n) is 6.65. The number of hydrogen-bond donors (Lipinski definition) is 2. The molecule has 1 fully saturated rings. The summed E-state index contributed by atoms with van der Waals surface area (Å²) in [6.07, 6.45) is 3.11. The smallest absolute Gasteiger partial charge is 0.257 e. The van der Waals surface area contributed by atoms with Gasteiger partial charge in [0.05, 0.1) is 18.3 Å². The molecule has 0 aromatic heterocycles. The Balaban J connectivity index is 1.84. The molecule has 1 amide bonds. The minimum absolute atomic E-state index is 0.131. The maximum absolute atomic E-state index is 12.9. The summed E-state index contributed by atoms with van der Waals surface area (Å²) in [5.74, 6) is 0.468. The van der Waals surface area contributed by atoms with Gasteiger partial charge in [0.1, 0.15) is 11.9 Å². The average molecular weight is 319 g/mol. The number of aryl methyl sites for hydroxylation is 2. The molecule has 1 aliphatic heterocycles. The molecule has 0 spiro atoms. The van der Waals surface area contributed by atoms with Crippen molar-refractivity contribution in [1.82, 2.24) is 4.90 Å². The van der Waals surface area contributed by atoms with Crippen LogP contribution in [0.15, 0.2) is 12.1 Å². The Morgan fingerprint density at radius 3 is 2.70 bits per heavy atom. The number of methoxy groups -OCH3 is 1. The number of aliphatic hydroxyl groups is 2. The summed E-state index contributed by atoms with van der Waals surface area (Å²) in [4.78, 5) is 14.5. The van der Waals surface area contributed by atoms with E-state index < -0.39 is 11.7 Å². The summed E-state index contributed by atoms with van der Waals surface area (Å²) in [6.45, 7) is 2.45. The van der Waals surface area contributed by atoms with Crippen molar-refractivity contribution in [2.45, 2.75) is 50.7 Å². The second kappa shape index (κ2) is 6.13. The predicted octanol–water partition coefficient (Wildman–Crippen LogP) is 1.53. The van der Waals surface area contributed by atoms with E-state index in [2.05, 4.69) is 0 Å². The van der Waals surface area contributed by atoms with Crippen molar-refractivity contribution in [1.29, 1.82) is 0 Å². The largest absolute Gasteiger partial charge is 0.496 e. The van der Waals surface area contributed by atoms with Crippen molar-refractivity contribution in [3.63, 3.8) is 0 Å². The molecule has 2 N–H and O–H groups in total. The molecular weight excluding hydrogens is 294 g/mol. The Bertz CT molecular complexity index is 615. The van der Waals surface area contributed by atoms with Gasteiger partial charge in [0.25, 0.3) is 5.91 Å². The van der Waals surface area contributed by atoms with Gasteiger partial charge >= 0.3 is 0 Å². The first kappa shape index (κ1) is 16.3. The number of benzene rings is 1. The second-order valence-corrected chi connectivity index (χ2v) is 6.65. The molecule has 5 heteroatoms. The van der Waals surface area contributed by atoms with Gasteiger partial charge in [0.15, 0.2) is 0 Å². The lowest BCUT2D eigenvalue weighted by atomic mass is 9.86. The van der Waals surface area contributed by atoms with E-state index in [9.17, 15) is 15.0 Å². The van der Waals surface area contributed by atoms with Gasteiger partial charge < -0.3 is 19.8 Å². The molecule has 0 radical (unpaired) electrons. The number of hydrogen-bond acceptors (Lipinski definition) is 4. The molecule has 1 saturated heterocycles. The molecule has 1 aromatic carbocycles. The van der Waals surface area contributed by atoms with Gasteiger partial charge in [0, 0.05) is 13.1 Å². The average Bonchev–Trinajstić information content (AvgIpc) is 3.02. The number of rotatable bonds is 3. The number of amides is 1. The van der Waals surface area contributed by atoms with Crippen LogP contribution < -0.4 is 4.74 Å². The fraction of sp³-hybridized carbons (Fsp3) is 0.611. The Morgan fingerprint density at radius 1 is 1.39 bits per heavy atom. The monoisotopic (exact) mass is 319 g/mol. The highest BCUT2D eigenvalue weighted by Crippen LogP contribution is 2.32. The lowest BCUT2D eigenvalue weighted by Gasteiger charge is -2.41. The molecule has 1 aromatic rings. The van der Waals surface area contributed by atoms with Crippen LogP contribution in [-0.2, 0) is 12.8 Å². The van der Waals surface area contributed by atoms with Gasteiger partial charge in [0.2, 0.25) is 0 Å².